The average molecular weight is 447 g/mol. The molecule has 6 heteroatoms. The van der Waals surface area contributed by atoms with Crippen LogP contribution < -0.4 is 0 Å². The highest BCUT2D eigenvalue weighted by Gasteiger charge is 2.33. The molecule has 2 aliphatic heterocycles. The van der Waals surface area contributed by atoms with Crippen LogP contribution >= 0.6 is 0 Å². The fourth-order valence-electron chi connectivity index (χ4n) is 4.66. The van der Waals surface area contributed by atoms with Crippen molar-refractivity contribution in [1.82, 2.24) is 0 Å². The molecule has 0 unspecified atom stereocenters. The normalized spacial score (nSPS) is 29.2. The lowest BCUT2D eigenvalue weighted by Gasteiger charge is -2.37. The molecule has 0 amide bonds. The van der Waals surface area contributed by atoms with Crippen LogP contribution in [0.15, 0.2) is 43.0 Å². The SMILES string of the molecule is C=CC[C@H]1C[C@@H](OCc2ccccc2)C[C@@H](C[C@@H](C[C@@H]2CCC[C@@H](OC(C)=O)O2)OC)O1. The Bertz CT molecular complexity index is 693. The van der Waals surface area contributed by atoms with E-state index in [4.69, 9.17) is 23.7 Å². The van der Waals surface area contributed by atoms with Gasteiger partial charge in [0.1, 0.15) is 0 Å². The number of esters is 1. The van der Waals surface area contributed by atoms with E-state index in [9.17, 15) is 4.79 Å². The first-order chi connectivity index (χ1) is 15.6. The third kappa shape index (κ3) is 8.32. The number of hydrogen-bond acceptors (Lipinski definition) is 6. The molecule has 2 heterocycles. The minimum absolute atomic E-state index is 0.0123. The Morgan fingerprint density at radius 3 is 2.59 bits per heavy atom. The van der Waals surface area contributed by atoms with Gasteiger partial charge in [-0.1, -0.05) is 36.4 Å². The topological polar surface area (TPSA) is 63.2 Å². The highest BCUT2D eigenvalue weighted by atomic mass is 16.7. The van der Waals surface area contributed by atoms with Gasteiger partial charge in [0.25, 0.3) is 0 Å². The maximum absolute atomic E-state index is 11.3. The fraction of sp³-hybridized carbons (Fsp3) is 0.654. The monoisotopic (exact) mass is 446 g/mol. The van der Waals surface area contributed by atoms with Crippen molar-refractivity contribution in [2.75, 3.05) is 7.11 Å². The van der Waals surface area contributed by atoms with E-state index < -0.39 is 6.29 Å². The summed E-state index contributed by atoms with van der Waals surface area (Å²) in [4.78, 5) is 11.3. The van der Waals surface area contributed by atoms with Gasteiger partial charge in [0, 0.05) is 33.3 Å². The van der Waals surface area contributed by atoms with Crippen LogP contribution in [0.1, 0.15) is 63.9 Å². The van der Waals surface area contributed by atoms with Crippen molar-refractivity contribution in [3.63, 3.8) is 0 Å². The van der Waals surface area contributed by atoms with Crippen molar-refractivity contribution < 1.29 is 28.5 Å². The molecule has 0 bridgehead atoms. The summed E-state index contributed by atoms with van der Waals surface area (Å²) in [5.74, 6) is -0.302. The Labute approximate surface area is 192 Å². The first-order valence-electron chi connectivity index (χ1n) is 11.8. The molecule has 3 rings (SSSR count). The van der Waals surface area contributed by atoms with Crippen LogP contribution in [0, 0.1) is 0 Å². The summed E-state index contributed by atoms with van der Waals surface area (Å²) in [5, 5.41) is 0. The molecule has 6 nitrogen and oxygen atoms in total. The second kappa shape index (κ2) is 13.1. The molecule has 1 aromatic rings. The maximum atomic E-state index is 11.3. The molecule has 2 aliphatic rings. The van der Waals surface area contributed by atoms with Crippen LogP contribution in [0.4, 0.5) is 0 Å². The van der Waals surface area contributed by atoms with Gasteiger partial charge in [-0.3, -0.25) is 4.79 Å². The van der Waals surface area contributed by atoms with E-state index in [1.165, 1.54) is 12.5 Å². The van der Waals surface area contributed by atoms with Gasteiger partial charge in [-0.05, 0) is 37.7 Å². The van der Waals surface area contributed by atoms with Gasteiger partial charge in [-0.2, -0.15) is 0 Å². The lowest BCUT2D eigenvalue weighted by atomic mass is 9.93. The van der Waals surface area contributed by atoms with Gasteiger partial charge in [-0.15, -0.1) is 6.58 Å². The largest absolute Gasteiger partial charge is 0.436 e. The molecule has 2 saturated heterocycles. The Morgan fingerprint density at radius 2 is 1.88 bits per heavy atom. The smallest absolute Gasteiger partial charge is 0.304 e. The molecule has 0 N–H and O–H groups in total. The van der Waals surface area contributed by atoms with E-state index in [1.54, 1.807) is 7.11 Å². The van der Waals surface area contributed by atoms with Gasteiger partial charge in [0.15, 0.2) is 0 Å². The molecule has 2 fully saturated rings. The molecular weight excluding hydrogens is 408 g/mol. The van der Waals surface area contributed by atoms with Crippen LogP contribution in [0.2, 0.25) is 0 Å². The number of hydrogen-bond donors (Lipinski definition) is 0. The Morgan fingerprint density at radius 1 is 1.12 bits per heavy atom. The van der Waals surface area contributed by atoms with Crippen LogP contribution in [0.25, 0.3) is 0 Å². The van der Waals surface area contributed by atoms with Gasteiger partial charge in [0.05, 0.1) is 37.1 Å². The second-order valence-electron chi connectivity index (χ2n) is 8.85. The number of rotatable bonds is 11. The highest BCUT2D eigenvalue weighted by molar-refractivity contribution is 5.66. The summed E-state index contributed by atoms with van der Waals surface area (Å²) < 4.78 is 29.7. The molecule has 0 saturated carbocycles. The third-order valence-corrected chi connectivity index (χ3v) is 6.19. The van der Waals surface area contributed by atoms with Crippen LogP contribution in [-0.4, -0.2) is 49.9 Å². The zero-order chi connectivity index (χ0) is 22.8. The quantitative estimate of drug-likeness (QED) is 0.354. The van der Waals surface area contributed by atoms with Crippen LogP contribution in [0.3, 0.4) is 0 Å². The molecule has 0 aromatic heterocycles. The van der Waals surface area contributed by atoms with E-state index in [0.717, 1.165) is 51.4 Å². The number of benzene rings is 1. The zero-order valence-electron chi connectivity index (χ0n) is 19.4. The number of carbonyl (C=O) groups is 1. The highest BCUT2D eigenvalue weighted by Crippen LogP contribution is 2.30. The van der Waals surface area contributed by atoms with Gasteiger partial charge in [0.2, 0.25) is 6.29 Å². The van der Waals surface area contributed by atoms with Crippen molar-refractivity contribution in [2.45, 2.75) is 102 Å². The zero-order valence-corrected chi connectivity index (χ0v) is 19.4. The summed E-state index contributed by atoms with van der Waals surface area (Å²) in [6.45, 7) is 5.91. The maximum Gasteiger partial charge on any atom is 0.304 e. The first kappa shape index (κ1) is 24.9. The van der Waals surface area contributed by atoms with E-state index in [1.807, 2.05) is 24.3 Å². The number of methoxy groups -OCH3 is 1. The lowest BCUT2D eigenvalue weighted by molar-refractivity contribution is -0.205. The molecule has 0 aliphatic carbocycles. The first-order valence-corrected chi connectivity index (χ1v) is 11.8. The minimum atomic E-state index is -0.442. The second-order valence-corrected chi connectivity index (χ2v) is 8.85. The predicted octanol–water partition coefficient (Wildman–Crippen LogP) is 4.95. The Balaban J connectivity index is 1.52. The van der Waals surface area contributed by atoms with E-state index in [0.29, 0.717) is 6.61 Å². The van der Waals surface area contributed by atoms with Gasteiger partial charge >= 0.3 is 5.97 Å². The molecule has 1 aromatic carbocycles. The van der Waals surface area contributed by atoms with Gasteiger partial charge < -0.3 is 23.7 Å². The third-order valence-electron chi connectivity index (χ3n) is 6.19. The summed E-state index contributed by atoms with van der Waals surface area (Å²) in [5.41, 5.74) is 1.18. The fourth-order valence-corrected chi connectivity index (χ4v) is 4.66. The molecule has 178 valence electrons. The summed E-state index contributed by atoms with van der Waals surface area (Å²) >= 11 is 0. The Kier molecular flexibility index (Phi) is 10.2. The molecule has 0 radical (unpaired) electrons. The van der Waals surface area contributed by atoms with Crippen LogP contribution in [0.5, 0.6) is 0 Å². The number of carbonyl (C=O) groups excluding carboxylic acids is 1. The summed E-state index contributed by atoms with van der Waals surface area (Å²) in [7, 11) is 1.74. The predicted molar refractivity (Wildman–Crippen MR) is 122 cm³/mol. The van der Waals surface area contributed by atoms with Crippen LogP contribution in [-0.2, 0) is 35.1 Å². The van der Waals surface area contributed by atoms with E-state index in [2.05, 4.69) is 18.7 Å². The van der Waals surface area contributed by atoms with E-state index >= 15 is 0 Å². The Hall–Kier alpha value is -1.73. The van der Waals surface area contributed by atoms with Crippen molar-refractivity contribution in [2.24, 2.45) is 0 Å². The summed E-state index contributed by atoms with van der Waals surface area (Å²) in [6, 6.07) is 10.3. The van der Waals surface area contributed by atoms with E-state index in [-0.39, 0.29) is 36.5 Å². The van der Waals surface area contributed by atoms with Crippen molar-refractivity contribution in [3.05, 3.63) is 48.6 Å². The molecule has 0 spiro atoms. The lowest BCUT2D eigenvalue weighted by Crippen LogP contribution is -2.40. The summed E-state index contributed by atoms with van der Waals surface area (Å²) in [6.07, 6.45) is 8.61. The van der Waals surface area contributed by atoms with Crippen molar-refractivity contribution >= 4 is 5.97 Å². The molecule has 6 atom stereocenters. The molecule has 32 heavy (non-hydrogen) atoms. The molecular formula is C26H38O6. The minimum Gasteiger partial charge on any atom is -0.436 e. The standard InChI is InChI=1S/C26H38O6/c1-4-9-21-15-24(29-18-20-10-6-5-7-11-20)17-25(31-21)16-23(28-3)14-22-12-8-13-26(32-22)30-19(2)27/h4-7,10-11,21-26H,1,8-9,12-18H2,2-3H3/t21-,22-,23+,24+,25+,26-/m0/s1. The average Bonchev–Trinajstić information content (AvgIpc) is 2.78. The number of ether oxygens (including phenoxy) is 5. The van der Waals surface area contributed by atoms with Crippen molar-refractivity contribution in [1.29, 1.82) is 0 Å². The van der Waals surface area contributed by atoms with Gasteiger partial charge in [-0.25, -0.2) is 0 Å². The van der Waals surface area contributed by atoms with Crippen molar-refractivity contribution in [3.8, 4) is 0 Å².